The molecule has 6 nitrogen and oxygen atoms in total. The second-order valence-corrected chi connectivity index (χ2v) is 6.09. The Kier molecular flexibility index (Phi) is 9.75. The second-order valence-electron chi connectivity index (χ2n) is 5.24. The van der Waals surface area contributed by atoms with E-state index in [0.29, 0.717) is 18.0 Å². The summed E-state index contributed by atoms with van der Waals surface area (Å²) in [6.45, 7) is 2.25. The van der Waals surface area contributed by atoms with Crippen LogP contribution in [0.15, 0.2) is 21.6 Å². The quantitative estimate of drug-likeness (QED) is 0.348. The van der Waals surface area contributed by atoms with Gasteiger partial charge < -0.3 is 24.8 Å². The van der Waals surface area contributed by atoms with E-state index >= 15 is 0 Å². The summed E-state index contributed by atoms with van der Waals surface area (Å²) in [5.74, 6) is 2.15. The van der Waals surface area contributed by atoms with Crippen molar-refractivity contribution in [1.82, 2.24) is 10.6 Å². The first kappa shape index (κ1) is 21.3. The number of methoxy groups -OCH3 is 2. The molecule has 0 bridgehead atoms. The molecular weight excluding hydrogens is 489 g/mol. The van der Waals surface area contributed by atoms with Crippen molar-refractivity contribution < 1.29 is 14.2 Å². The van der Waals surface area contributed by atoms with Gasteiger partial charge in [0.15, 0.2) is 17.5 Å². The molecule has 8 heteroatoms. The minimum absolute atomic E-state index is 0. The first-order chi connectivity index (χ1) is 11.2. The smallest absolute Gasteiger partial charge is 0.191 e. The van der Waals surface area contributed by atoms with Crippen LogP contribution in [0.5, 0.6) is 11.5 Å². The highest BCUT2D eigenvalue weighted by atomic mass is 127. The monoisotopic (exact) mass is 513 g/mol. The number of ether oxygens (including phenoxy) is 3. The Hall–Kier alpha value is -0.740. The molecule has 1 saturated heterocycles. The van der Waals surface area contributed by atoms with E-state index in [2.05, 4.69) is 31.6 Å². The fourth-order valence-corrected chi connectivity index (χ4v) is 2.91. The Morgan fingerprint density at radius 2 is 2.00 bits per heavy atom. The van der Waals surface area contributed by atoms with Crippen molar-refractivity contribution >= 4 is 45.9 Å². The van der Waals surface area contributed by atoms with E-state index in [-0.39, 0.29) is 30.1 Å². The highest BCUT2D eigenvalue weighted by Crippen LogP contribution is 2.33. The first-order valence-corrected chi connectivity index (χ1v) is 8.43. The Bertz CT molecular complexity index is 552. The average molecular weight is 514 g/mol. The number of aliphatic imine (C=N–C) groups is 1. The zero-order chi connectivity index (χ0) is 16.7. The molecule has 2 rings (SSSR count). The van der Waals surface area contributed by atoms with E-state index in [1.54, 1.807) is 21.3 Å². The lowest BCUT2D eigenvalue weighted by Gasteiger charge is -2.16. The Balaban J connectivity index is 0.00000288. The molecule has 1 aliphatic rings. The van der Waals surface area contributed by atoms with E-state index in [9.17, 15) is 0 Å². The van der Waals surface area contributed by atoms with Crippen LogP contribution in [0.2, 0.25) is 0 Å². The molecule has 1 fully saturated rings. The molecule has 0 saturated carbocycles. The van der Waals surface area contributed by atoms with Crippen molar-refractivity contribution in [3.8, 4) is 11.5 Å². The fraction of sp³-hybridized carbons (Fsp3) is 0.562. The Morgan fingerprint density at radius 1 is 1.29 bits per heavy atom. The number of hydrogen-bond acceptors (Lipinski definition) is 4. The molecule has 0 spiro atoms. The van der Waals surface area contributed by atoms with Crippen LogP contribution >= 0.6 is 39.9 Å². The number of guanidine groups is 1. The maximum atomic E-state index is 5.60. The number of nitrogens with zero attached hydrogens (tertiary/aromatic N) is 1. The minimum Gasteiger partial charge on any atom is -0.493 e. The highest BCUT2D eigenvalue weighted by molar-refractivity contribution is 14.0. The SMILES string of the molecule is CN=C(NCc1cc(OC)c(OC)cc1Br)NCC1CCCO1.I. The zero-order valence-corrected chi connectivity index (χ0v) is 18.1. The van der Waals surface area contributed by atoms with Crippen LogP contribution in [0.4, 0.5) is 0 Å². The van der Waals surface area contributed by atoms with Crippen molar-refractivity contribution in [3.05, 3.63) is 22.2 Å². The van der Waals surface area contributed by atoms with Gasteiger partial charge in [-0.05, 0) is 30.5 Å². The summed E-state index contributed by atoms with van der Waals surface area (Å²) < 4.78 is 17.2. The van der Waals surface area contributed by atoms with Gasteiger partial charge in [0, 0.05) is 31.2 Å². The van der Waals surface area contributed by atoms with Crippen LogP contribution < -0.4 is 20.1 Å². The van der Waals surface area contributed by atoms with Gasteiger partial charge in [0.05, 0.1) is 20.3 Å². The van der Waals surface area contributed by atoms with Crippen LogP contribution in [-0.4, -0.2) is 46.5 Å². The van der Waals surface area contributed by atoms with Crippen molar-refractivity contribution in [2.24, 2.45) is 4.99 Å². The van der Waals surface area contributed by atoms with E-state index < -0.39 is 0 Å². The standard InChI is InChI=1S/C16H24BrN3O3.HI/c1-18-16(20-10-12-5-4-6-23-12)19-9-11-7-14(21-2)15(22-3)8-13(11)17;/h7-8,12H,4-6,9-10H2,1-3H3,(H2,18,19,20);1H. The third-order valence-electron chi connectivity index (χ3n) is 3.74. The lowest BCUT2D eigenvalue weighted by Crippen LogP contribution is -2.40. The predicted octanol–water partition coefficient (Wildman–Crippen LogP) is 2.93. The summed E-state index contributed by atoms with van der Waals surface area (Å²) in [7, 11) is 5.01. The molecular formula is C16H25BrIN3O3. The van der Waals surface area contributed by atoms with E-state index in [1.807, 2.05) is 12.1 Å². The predicted molar refractivity (Wildman–Crippen MR) is 110 cm³/mol. The third-order valence-corrected chi connectivity index (χ3v) is 4.48. The molecule has 1 heterocycles. The molecule has 1 atom stereocenters. The number of nitrogens with one attached hydrogen (secondary N) is 2. The lowest BCUT2D eigenvalue weighted by atomic mass is 10.2. The number of rotatable bonds is 6. The van der Waals surface area contributed by atoms with Gasteiger partial charge in [0.2, 0.25) is 0 Å². The fourth-order valence-electron chi connectivity index (χ4n) is 2.45. The van der Waals surface area contributed by atoms with Crippen LogP contribution in [0, 0.1) is 0 Å². The van der Waals surface area contributed by atoms with Crippen molar-refractivity contribution in [2.45, 2.75) is 25.5 Å². The summed E-state index contributed by atoms with van der Waals surface area (Å²) in [6.07, 6.45) is 2.52. The third kappa shape index (κ3) is 5.96. The molecule has 1 aromatic carbocycles. The summed E-state index contributed by atoms with van der Waals surface area (Å²) >= 11 is 3.56. The number of benzene rings is 1. The van der Waals surface area contributed by atoms with Crippen LogP contribution in [0.1, 0.15) is 18.4 Å². The van der Waals surface area contributed by atoms with E-state index in [4.69, 9.17) is 14.2 Å². The van der Waals surface area contributed by atoms with E-state index in [1.165, 1.54) is 0 Å². The normalized spacial score (nSPS) is 17.2. The van der Waals surface area contributed by atoms with Gasteiger partial charge >= 0.3 is 0 Å². The molecule has 24 heavy (non-hydrogen) atoms. The van der Waals surface area contributed by atoms with Crippen molar-refractivity contribution in [3.63, 3.8) is 0 Å². The Morgan fingerprint density at radius 3 is 2.58 bits per heavy atom. The second kappa shape index (κ2) is 11.0. The molecule has 136 valence electrons. The molecule has 0 aliphatic carbocycles. The molecule has 0 radical (unpaired) electrons. The van der Waals surface area contributed by atoms with Crippen molar-refractivity contribution in [2.75, 3.05) is 34.4 Å². The van der Waals surface area contributed by atoms with Crippen LogP contribution in [0.3, 0.4) is 0 Å². The van der Waals surface area contributed by atoms with Gasteiger partial charge in [0.1, 0.15) is 0 Å². The molecule has 1 unspecified atom stereocenters. The van der Waals surface area contributed by atoms with Gasteiger partial charge in [-0.25, -0.2) is 0 Å². The largest absolute Gasteiger partial charge is 0.493 e. The lowest BCUT2D eigenvalue weighted by molar-refractivity contribution is 0.114. The molecule has 1 aromatic rings. The van der Waals surface area contributed by atoms with Gasteiger partial charge in [-0.2, -0.15) is 0 Å². The first-order valence-electron chi connectivity index (χ1n) is 7.64. The number of halogens is 2. The van der Waals surface area contributed by atoms with Gasteiger partial charge in [-0.15, -0.1) is 24.0 Å². The minimum atomic E-state index is 0. The summed E-state index contributed by atoms with van der Waals surface area (Å²) in [6, 6.07) is 3.85. The maximum Gasteiger partial charge on any atom is 0.191 e. The average Bonchev–Trinajstić information content (AvgIpc) is 3.09. The van der Waals surface area contributed by atoms with E-state index in [0.717, 1.165) is 42.0 Å². The van der Waals surface area contributed by atoms with Crippen LogP contribution in [-0.2, 0) is 11.3 Å². The molecule has 2 N–H and O–H groups in total. The topological polar surface area (TPSA) is 64.1 Å². The van der Waals surface area contributed by atoms with Gasteiger partial charge in [0.25, 0.3) is 0 Å². The maximum absolute atomic E-state index is 5.60. The van der Waals surface area contributed by atoms with Crippen LogP contribution in [0.25, 0.3) is 0 Å². The van der Waals surface area contributed by atoms with Gasteiger partial charge in [-0.1, -0.05) is 15.9 Å². The number of hydrogen-bond donors (Lipinski definition) is 2. The van der Waals surface area contributed by atoms with Gasteiger partial charge in [-0.3, -0.25) is 4.99 Å². The summed E-state index contributed by atoms with van der Waals surface area (Å²) in [4.78, 5) is 4.24. The highest BCUT2D eigenvalue weighted by Gasteiger charge is 2.15. The molecule has 1 aliphatic heterocycles. The molecule has 0 amide bonds. The Labute approximate surface area is 168 Å². The summed E-state index contributed by atoms with van der Waals surface area (Å²) in [5.41, 5.74) is 1.06. The summed E-state index contributed by atoms with van der Waals surface area (Å²) in [5, 5.41) is 6.59. The molecule has 0 aromatic heterocycles. The van der Waals surface area contributed by atoms with Crippen molar-refractivity contribution in [1.29, 1.82) is 0 Å². The zero-order valence-electron chi connectivity index (χ0n) is 14.2.